The van der Waals surface area contributed by atoms with Crippen molar-refractivity contribution in [2.45, 2.75) is 68.5 Å². The van der Waals surface area contributed by atoms with Gasteiger partial charge in [0, 0.05) is 24.2 Å². The number of benzene rings is 2. The van der Waals surface area contributed by atoms with E-state index in [1.54, 1.807) is 12.1 Å². The van der Waals surface area contributed by atoms with Crippen LogP contribution >= 0.6 is 0 Å². The maximum absolute atomic E-state index is 13.6. The summed E-state index contributed by atoms with van der Waals surface area (Å²) >= 11 is 0. The molecule has 3 atom stereocenters. The monoisotopic (exact) mass is 432 g/mol. The number of fused-ring (bicyclic) bond motifs is 3. The van der Waals surface area contributed by atoms with Gasteiger partial charge < -0.3 is 9.88 Å². The number of aromatic nitrogens is 2. The summed E-state index contributed by atoms with van der Waals surface area (Å²) in [5, 5.41) is 3.57. The summed E-state index contributed by atoms with van der Waals surface area (Å²) in [6, 6.07) is 18.0. The highest BCUT2D eigenvalue weighted by Gasteiger charge is 2.43. The summed E-state index contributed by atoms with van der Waals surface area (Å²) in [5.41, 5.74) is 3.69. The Hall–Kier alpha value is -2.24. The highest BCUT2D eigenvalue weighted by Crippen LogP contribution is 2.44. The number of piperidine rings is 2. The molecular weight excluding hydrogens is 399 g/mol. The Morgan fingerprint density at radius 2 is 1.72 bits per heavy atom. The van der Waals surface area contributed by atoms with E-state index in [9.17, 15) is 4.39 Å². The van der Waals surface area contributed by atoms with E-state index in [1.807, 2.05) is 12.4 Å². The first-order chi connectivity index (χ1) is 15.7. The lowest BCUT2D eigenvalue weighted by Crippen LogP contribution is -2.47. The van der Waals surface area contributed by atoms with Crippen LogP contribution in [0.15, 0.2) is 54.9 Å². The van der Waals surface area contributed by atoms with Gasteiger partial charge in [-0.2, -0.15) is 0 Å². The van der Waals surface area contributed by atoms with Crippen LogP contribution in [0.3, 0.4) is 0 Å². The van der Waals surface area contributed by atoms with Gasteiger partial charge in [-0.3, -0.25) is 4.90 Å². The molecule has 0 aliphatic carbocycles. The molecule has 4 nitrogen and oxygen atoms in total. The number of halogens is 1. The SMILES string of the molecule is Fc1ccc2c(c1)ncn2C1C[C@H]2CC[C@@H](C1)N2CCC1(c2ccccc2)CCNCC1. The van der Waals surface area contributed by atoms with Crippen molar-refractivity contribution in [1.82, 2.24) is 19.8 Å². The first-order valence-electron chi connectivity index (χ1n) is 12.4. The molecule has 0 spiro atoms. The number of nitrogens with zero attached hydrogens (tertiary/aromatic N) is 3. The molecule has 0 radical (unpaired) electrons. The van der Waals surface area contributed by atoms with Gasteiger partial charge in [-0.25, -0.2) is 9.37 Å². The van der Waals surface area contributed by atoms with Crippen molar-refractivity contribution >= 4 is 11.0 Å². The van der Waals surface area contributed by atoms with Gasteiger partial charge in [0.25, 0.3) is 0 Å². The summed E-state index contributed by atoms with van der Waals surface area (Å²) in [4.78, 5) is 7.32. The van der Waals surface area contributed by atoms with E-state index in [0.717, 1.165) is 24.1 Å². The van der Waals surface area contributed by atoms with Gasteiger partial charge in [0.2, 0.25) is 0 Å². The predicted molar refractivity (Wildman–Crippen MR) is 126 cm³/mol. The van der Waals surface area contributed by atoms with Gasteiger partial charge in [-0.05, 0) is 87.7 Å². The van der Waals surface area contributed by atoms with Crippen molar-refractivity contribution in [2.24, 2.45) is 0 Å². The van der Waals surface area contributed by atoms with E-state index in [4.69, 9.17) is 0 Å². The van der Waals surface area contributed by atoms with Crippen LogP contribution in [0.25, 0.3) is 11.0 Å². The van der Waals surface area contributed by atoms with Gasteiger partial charge in [-0.1, -0.05) is 30.3 Å². The molecule has 4 heterocycles. The molecule has 2 bridgehead atoms. The maximum atomic E-state index is 13.6. The number of imidazole rings is 1. The van der Waals surface area contributed by atoms with Gasteiger partial charge in [-0.15, -0.1) is 0 Å². The summed E-state index contributed by atoms with van der Waals surface area (Å²) in [5.74, 6) is -0.206. The van der Waals surface area contributed by atoms with Gasteiger partial charge in [0.15, 0.2) is 0 Å². The average molecular weight is 433 g/mol. The second-order valence-electron chi connectivity index (χ2n) is 10.2. The molecule has 168 valence electrons. The first kappa shape index (κ1) is 20.4. The molecule has 3 aromatic rings. The Balaban J connectivity index is 1.18. The molecule has 1 aromatic heterocycles. The minimum Gasteiger partial charge on any atom is -0.327 e. The summed E-state index contributed by atoms with van der Waals surface area (Å²) in [7, 11) is 0. The van der Waals surface area contributed by atoms with Crippen LogP contribution in [0, 0.1) is 5.82 Å². The molecule has 0 amide bonds. The average Bonchev–Trinajstić information content (AvgIpc) is 3.35. The zero-order valence-corrected chi connectivity index (χ0v) is 18.7. The second kappa shape index (κ2) is 8.27. The molecule has 3 saturated heterocycles. The van der Waals surface area contributed by atoms with Crippen LogP contribution in [0.5, 0.6) is 0 Å². The first-order valence-corrected chi connectivity index (χ1v) is 12.4. The van der Waals surface area contributed by atoms with Crippen molar-refractivity contribution in [2.75, 3.05) is 19.6 Å². The van der Waals surface area contributed by atoms with E-state index < -0.39 is 0 Å². The van der Waals surface area contributed by atoms with Crippen LogP contribution in [-0.2, 0) is 5.41 Å². The zero-order chi connectivity index (χ0) is 21.5. The van der Waals surface area contributed by atoms with Gasteiger partial charge in [0.05, 0.1) is 17.4 Å². The normalized spacial score (nSPS) is 27.7. The largest absolute Gasteiger partial charge is 0.327 e. The third-order valence-electron chi connectivity index (χ3n) is 8.59. The highest BCUT2D eigenvalue weighted by atomic mass is 19.1. The minimum absolute atomic E-state index is 0.206. The Bertz CT molecular complexity index is 1060. The highest BCUT2D eigenvalue weighted by molar-refractivity contribution is 5.75. The third kappa shape index (κ3) is 3.56. The fourth-order valence-electron chi connectivity index (χ4n) is 6.86. The van der Waals surface area contributed by atoms with Gasteiger partial charge >= 0.3 is 0 Å². The molecule has 3 aliphatic rings. The Labute approximate surface area is 189 Å². The van der Waals surface area contributed by atoms with Crippen molar-refractivity contribution < 1.29 is 4.39 Å². The number of hydrogen-bond donors (Lipinski definition) is 1. The number of rotatable bonds is 5. The third-order valence-corrected chi connectivity index (χ3v) is 8.59. The summed E-state index contributed by atoms with van der Waals surface area (Å²) < 4.78 is 15.9. The lowest BCUT2D eigenvalue weighted by atomic mass is 9.70. The van der Waals surface area contributed by atoms with Crippen LogP contribution < -0.4 is 5.32 Å². The van der Waals surface area contributed by atoms with Crippen LogP contribution in [0.4, 0.5) is 4.39 Å². The molecule has 6 rings (SSSR count). The van der Waals surface area contributed by atoms with E-state index in [2.05, 4.69) is 50.1 Å². The van der Waals surface area contributed by atoms with Crippen molar-refractivity contribution in [3.8, 4) is 0 Å². The molecule has 3 aliphatic heterocycles. The predicted octanol–water partition coefficient (Wildman–Crippen LogP) is 5.05. The van der Waals surface area contributed by atoms with E-state index in [0.29, 0.717) is 23.5 Å². The number of nitrogens with one attached hydrogen (secondary N) is 1. The Morgan fingerprint density at radius 3 is 2.47 bits per heavy atom. The molecule has 5 heteroatoms. The molecule has 3 fully saturated rings. The molecule has 2 aromatic carbocycles. The van der Waals surface area contributed by atoms with E-state index >= 15 is 0 Å². The Kier molecular flexibility index (Phi) is 5.27. The number of hydrogen-bond acceptors (Lipinski definition) is 3. The lowest BCUT2D eigenvalue weighted by molar-refractivity contribution is 0.0934. The zero-order valence-electron chi connectivity index (χ0n) is 18.7. The fraction of sp³-hybridized carbons (Fsp3) is 0.519. The molecule has 1 N–H and O–H groups in total. The van der Waals surface area contributed by atoms with E-state index in [-0.39, 0.29) is 5.82 Å². The van der Waals surface area contributed by atoms with Crippen molar-refractivity contribution in [3.05, 3.63) is 66.2 Å². The smallest absolute Gasteiger partial charge is 0.125 e. The van der Waals surface area contributed by atoms with Gasteiger partial charge in [0.1, 0.15) is 5.82 Å². The summed E-state index contributed by atoms with van der Waals surface area (Å²) in [6.07, 6.45) is 10.6. The second-order valence-corrected chi connectivity index (χ2v) is 10.2. The minimum atomic E-state index is -0.206. The Morgan fingerprint density at radius 1 is 0.969 bits per heavy atom. The van der Waals surface area contributed by atoms with Crippen LogP contribution in [-0.4, -0.2) is 46.2 Å². The van der Waals surface area contributed by atoms with Crippen molar-refractivity contribution in [1.29, 1.82) is 0 Å². The topological polar surface area (TPSA) is 33.1 Å². The lowest BCUT2D eigenvalue weighted by Gasteiger charge is -2.44. The molecule has 0 saturated carbocycles. The standard InChI is InChI=1S/C27H33FN4/c28-21-6-9-26-25(16-21)30-19-32(26)24-17-22-7-8-23(18-24)31(22)15-12-27(10-13-29-14-11-27)20-4-2-1-3-5-20/h1-6,9,16,19,22-24,29H,7-8,10-15,17-18H2/t22-,23+,24?. The maximum Gasteiger partial charge on any atom is 0.125 e. The van der Waals surface area contributed by atoms with Crippen molar-refractivity contribution in [3.63, 3.8) is 0 Å². The molecule has 1 unspecified atom stereocenters. The molecule has 32 heavy (non-hydrogen) atoms. The van der Waals surface area contributed by atoms with Crippen LogP contribution in [0.1, 0.15) is 56.6 Å². The fourth-order valence-corrected chi connectivity index (χ4v) is 6.86. The van der Waals surface area contributed by atoms with E-state index in [1.165, 1.54) is 57.1 Å². The molecular formula is C27H33FN4. The van der Waals surface area contributed by atoms with Crippen LogP contribution in [0.2, 0.25) is 0 Å². The quantitative estimate of drug-likeness (QED) is 0.612. The summed E-state index contributed by atoms with van der Waals surface area (Å²) in [6.45, 7) is 3.45.